The number of H-pyrrole nitrogens is 1. The molecular weight excluding hydrogens is 714 g/mol. The number of hydrogen-bond donors (Lipinski definition) is 3. The zero-order valence-electron chi connectivity index (χ0n) is 28.3. The van der Waals surface area contributed by atoms with Crippen molar-refractivity contribution in [3.05, 3.63) is 98.3 Å². The Kier molecular flexibility index (Phi) is 10.7. The maximum Gasteiger partial charge on any atom is 0.258 e. The van der Waals surface area contributed by atoms with Gasteiger partial charge in [0.05, 0.1) is 30.9 Å². The van der Waals surface area contributed by atoms with E-state index in [1.165, 1.54) is 43.8 Å². The Labute approximate surface area is 307 Å². The van der Waals surface area contributed by atoms with Crippen LogP contribution in [0.4, 0.5) is 0 Å². The van der Waals surface area contributed by atoms with E-state index in [9.17, 15) is 24.3 Å². The van der Waals surface area contributed by atoms with E-state index >= 15 is 0 Å². The number of thioether (sulfide) groups is 2. The molecule has 4 aromatic rings. The van der Waals surface area contributed by atoms with Crippen LogP contribution < -0.4 is 25.1 Å². The molecular formula is C37H36ClN3O8S2. The van der Waals surface area contributed by atoms with E-state index in [-0.39, 0.29) is 57.7 Å². The molecule has 0 radical (unpaired) electrons. The standard InChI is InChI=1S/C37H36ClN3O8S2/c1-19-15-25(42)30(34(44)37(19)35(45)31-26(47-2)17-27(48-3)32(38)33(31)49-37)23(20-9-11-21(50-4)12-10-20)16-29(43)39-13-14-51-18-28-40-24-8-6-5-7-22(24)36(46)41-28/h5-12,17,19,23,44H,13-16,18H2,1-4H3,(H,39,43)(H,40,41,46)/t19-,23?,37+/m1/s1. The zero-order valence-corrected chi connectivity index (χ0v) is 30.7. The van der Waals surface area contributed by atoms with E-state index in [0.29, 0.717) is 40.3 Å². The van der Waals surface area contributed by atoms with Crippen molar-refractivity contribution in [3.8, 4) is 17.2 Å². The third kappa shape index (κ3) is 6.70. The van der Waals surface area contributed by atoms with Gasteiger partial charge in [-0.25, -0.2) is 4.98 Å². The van der Waals surface area contributed by atoms with Gasteiger partial charge in [0.15, 0.2) is 17.3 Å². The molecule has 1 aliphatic carbocycles. The van der Waals surface area contributed by atoms with Crippen molar-refractivity contribution in [1.29, 1.82) is 0 Å². The Hall–Kier alpha value is -4.46. The summed E-state index contributed by atoms with van der Waals surface area (Å²) in [5.74, 6) is -1.74. The van der Waals surface area contributed by atoms with Crippen LogP contribution in [0.5, 0.6) is 17.2 Å². The fourth-order valence-electron chi connectivity index (χ4n) is 6.65. The Morgan fingerprint density at radius 3 is 2.57 bits per heavy atom. The van der Waals surface area contributed by atoms with Gasteiger partial charge in [0.2, 0.25) is 17.3 Å². The number of methoxy groups -OCH3 is 2. The molecule has 14 heteroatoms. The zero-order chi connectivity index (χ0) is 36.4. The van der Waals surface area contributed by atoms with Crippen molar-refractivity contribution in [2.75, 3.05) is 32.8 Å². The smallest absolute Gasteiger partial charge is 0.258 e. The summed E-state index contributed by atoms with van der Waals surface area (Å²) in [4.78, 5) is 62.4. The van der Waals surface area contributed by atoms with Crippen LogP contribution in [0.1, 0.15) is 47.4 Å². The van der Waals surface area contributed by atoms with Crippen molar-refractivity contribution >= 4 is 63.5 Å². The number of nitrogens with one attached hydrogen (secondary N) is 2. The molecule has 3 atom stereocenters. The van der Waals surface area contributed by atoms with E-state index in [1.807, 2.05) is 36.6 Å². The SMILES string of the molecule is COc1cc(OC)c2c(c1Cl)O[C@]1(C2=O)C(O)=C(C(CC(=O)NCCSCc2nc3ccccc3c(=O)[nH]2)c2ccc(SC)cc2)C(=O)C[C@H]1C. The lowest BCUT2D eigenvalue weighted by Gasteiger charge is -2.38. The molecule has 1 spiro atoms. The van der Waals surface area contributed by atoms with Gasteiger partial charge in [0.1, 0.15) is 27.9 Å². The Morgan fingerprint density at radius 2 is 1.86 bits per heavy atom. The monoisotopic (exact) mass is 749 g/mol. The van der Waals surface area contributed by atoms with Crippen LogP contribution in [0, 0.1) is 5.92 Å². The molecule has 3 aromatic carbocycles. The molecule has 1 aromatic heterocycles. The highest BCUT2D eigenvalue weighted by molar-refractivity contribution is 7.98. The highest BCUT2D eigenvalue weighted by atomic mass is 35.5. The van der Waals surface area contributed by atoms with Crippen LogP contribution in [0.3, 0.4) is 0 Å². The summed E-state index contributed by atoms with van der Waals surface area (Å²) >= 11 is 9.63. The number of nitrogens with zero attached hydrogens (tertiary/aromatic N) is 1. The number of hydrogen-bond acceptors (Lipinski definition) is 11. The number of carbonyl (C=O) groups excluding carboxylic acids is 3. The minimum atomic E-state index is -1.97. The third-order valence-corrected chi connectivity index (χ3v) is 11.3. The molecule has 51 heavy (non-hydrogen) atoms. The lowest BCUT2D eigenvalue weighted by Crippen LogP contribution is -2.53. The molecule has 1 amide bonds. The van der Waals surface area contributed by atoms with Gasteiger partial charge in [0, 0.05) is 53.5 Å². The van der Waals surface area contributed by atoms with Crippen molar-refractivity contribution in [2.45, 2.75) is 41.9 Å². The largest absolute Gasteiger partial charge is 0.507 e. The second kappa shape index (κ2) is 15.0. The summed E-state index contributed by atoms with van der Waals surface area (Å²) in [7, 11) is 2.81. The molecule has 6 rings (SSSR count). The Morgan fingerprint density at radius 1 is 1.14 bits per heavy atom. The number of fused-ring (bicyclic) bond motifs is 2. The topological polar surface area (TPSA) is 157 Å². The van der Waals surface area contributed by atoms with E-state index in [1.54, 1.807) is 25.1 Å². The van der Waals surface area contributed by atoms with Crippen LogP contribution in [0.25, 0.3) is 10.9 Å². The van der Waals surface area contributed by atoms with Crippen LogP contribution >= 0.6 is 35.1 Å². The van der Waals surface area contributed by atoms with Gasteiger partial charge in [-0.3, -0.25) is 19.2 Å². The molecule has 11 nitrogen and oxygen atoms in total. The van der Waals surface area contributed by atoms with Gasteiger partial charge in [-0.15, -0.1) is 11.8 Å². The van der Waals surface area contributed by atoms with E-state index in [0.717, 1.165) is 4.90 Å². The number of benzene rings is 3. The van der Waals surface area contributed by atoms with Crippen molar-refractivity contribution in [1.82, 2.24) is 15.3 Å². The highest BCUT2D eigenvalue weighted by Gasteiger charge is 2.61. The van der Waals surface area contributed by atoms with Crippen molar-refractivity contribution in [3.63, 3.8) is 0 Å². The lowest BCUT2D eigenvalue weighted by molar-refractivity contribution is -0.121. The van der Waals surface area contributed by atoms with Crippen molar-refractivity contribution < 1.29 is 33.7 Å². The number of ketones is 2. The Bertz CT molecular complexity index is 2120. The first-order valence-electron chi connectivity index (χ1n) is 16.1. The summed E-state index contributed by atoms with van der Waals surface area (Å²) in [5.41, 5.74) is -0.981. The van der Waals surface area contributed by atoms with E-state index < -0.39 is 34.8 Å². The molecule has 2 heterocycles. The highest BCUT2D eigenvalue weighted by Crippen LogP contribution is 2.55. The minimum Gasteiger partial charge on any atom is -0.507 e. The predicted molar refractivity (Wildman–Crippen MR) is 198 cm³/mol. The van der Waals surface area contributed by atoms with Crippen LogP contribution in [0.15, 0.2) is 75.6 Å². The van der Waals surface area contributed by atoms with Crippen LogP contribution in [0.2, 0.25) is 5.02 Å². The number of carbonyl (C=O) groups is 3. The van der Waals surface area contributed by atoms with Crippen molar-refractivity contribution in [2.24, 2.45) is 5.92 Å². The summed E-state index contributed by atoms with van der Waals surface area (Å²) in [5, 5.41) is 15.6. The summed E-state index contributed by atoms with van der Waals surface area (Å²) in [6, 6.07) is 16.0. The number of rotatable bonds is 12. The maximum atomic E-state index is 14.3. The number of aromatic amines is 1. The fraction of sp³-hybridized carbons (Fsp3) is 0.324. The number of amides is 1. The molecule has 0 bridgehead atoms. The summed E-state index contributed by atoms with van der Waals surface area (Å²) in [6.07, 6.45) is 1.63. The maximum absolute atomic E-state index is 14.3. The quantitative estimate of drug-likeness (QED) is 0.111. The number of aliphatic hydroxyl groups is 1. The van der Waals surface area contributed by atoms with Gasteiger partial charge in [-0.1, -0.05) is 42.8 Å². The molecule has 0 saturated carbocycles. The second-order valence-electron chi connectivity index (χ2n) is 12.2. The Balaban J connectivity index is 1.26. The molecule has 1 unspecified atom stereocenters. The first-order chi connectivity index (χ1) is 24.5. The number of halogens is 1. The normalized spacial score (nSPS) is 18.9. The number of Topliss-reactive ketones (excluding diaryl/α,β-unsaturated/α-hetero) is 2. The molecule has 2 aliphatic rings. The predicted octanol–water partition coefficient (Wildman–Crippen LogP) is 6.27. The molecule has 1 aliphatic heterocycles. The van der Waals surface area contributed by atoms with Crippen LogP contribution in [-0.4, -0.2) is 70.9 Å². The molecule has 0 saturated heterocycles. The van der Waals surface area contributed by atoms with Gasteiger partial charge in [-0.2, -0.15) is 11.8 Å². The number of allylic oxidation sites excluding steroid dienone is 1. The number of para-hydroxylation sites is 1. The van der Waals surface area contributed by atoms with Gasteiger partial charge < -0.3 is 29.6 Å². The number of ether oxygens (including phenoxy) is 3. The fourth-order valence-corrected chi connectivity index (χ4v) is 8.05. The average Bonchev–Trinajstić information content (AvgIpc) is 3.44. The van der Waals surface area contributed by atoms with E-state index in [4.69, 9.17) is 25.8 Å². The van der Waals surface area contributed by atoms with Gasteiger partial charge in [0.25, 0.3) is 5.56 Å². The first kappa shape index (κ1) is 36.3. The molecule has 3 N–H and O–H groups in total. The summed E-state index contributed by atoms with van der Waals surface area (Å²) < 4.78 is 17.2. The minimum absolute atomic E-state index is 0.0101. The third-order valence-electron chi connectivity index (χ3n) is 9.24. The first-order valence-corrected chi connectivity index (χ1v) is 18.9. The second-order valence-corrected chi connectivity index (χ2v) is 14.6. The van der Waals surface area contributed by atoms with E-state index in [2.05, 4.69) is 15.3 Å². The number of aliphatic hydroxyl groups excluding tert-OH is 1. The molecule has 0 fully saturated rings. The van der Waals surface area contributed by atoms with Crippen LogP contribution in [-0.2, 0) is 15.3 Å². The van der Waals surface area contributed by atoms with Gasteiger partial charge >= 0.3 is 0 Å². The lowest BCUT2D eigenvalue weighted by atomic mass is 9.69. The number of aromatic nitrogens is 2. The molecule has 266 valence electrons. The van der Waals surface area contributed by atoms with Gasteiger partial charge in [-0.05, 0) is 36.1 Å². The summed E-state index contributed by atoms with van der Waals surface area (Å²) in [6.45, 7) is 1.96. The average molecular weight is 750 g/mol.